The van der Waals surface area contributed by atoms with Crippen LogP contribution in [0.3, 0.4) is 0 Å². The van der Waals surface area contributed by atoms with Crippen LogP contribution in [0.1, 0.15) is 6.42 Å². The quantitative estimate of drug-likeness (QED) is 0.748. The largest absolute Gasteiger partial charge is 0.481 e. The van der Waals surface area contributed by atoms with Gasteiger partial charge in [0.2, 0.25) is 0 Å². The highest BCUT2D eigenvalue weighted by molar-refractivity contribution is 5.74. The molecule has 0 aromatic heterocycles. The van der Waals surface area contributed by atoms with E-state index in [2.05, 4.69) is 4.90 Å². The Kier molecular flexibility index (Phi) is 5.36. The van der Waals surface area contributed by atoms with Gasteiger partial charge in [0.15, 0.2) is 6.10 Å². The number of carbonyl (C=O) groups excluding carboxylic acids is 1. The third-order valence-electron chi connectivity index (χ3n) is 3.77. The molecule has 0 aromatic rings. The van der Waals surface area contributed by atoms with E-state index >= 15 is 0 Å². The van der Waals surface area contributed by atoms with E-state index in [1.54, 1.807) is 9.80 Å². The van der Waals surface area contributed by atoms with Gasteiger partial charge in [-0.25, -0.2) is 4.79 Å². The van der Waals surface area contributed by atoms with E-state index in [0.29, 0.717) is 52.4 Å². The van der Waals surface area contributed by atoms with Crippen molar-refractivity contribution in [2.45, 2.75) is 12.5 Å². The van der Waals surface area contributed by atoms with Crippen molar-refractivity contribution in [1.29, 1.82) is 5.26 Å². The Bertz CT molecular complexity index is 428. The molecule has 1 unspecified atom stereocenters. The second-order valence-corrected chi connectivity index (χ2v) is 5.19. The number of carboxylic acid groups (broad SMARTS) is 1. The Hall–Kier alpha value is -1.85. The Morgan fingerprint density at radius 2 is 1.90 bits per heavy atom. The lowest BCUT2D eigenvalue weighted by Crippen LogP contribution is -2.56. The van der Waals surface area contributed by atoms with Crippen molar-refractivity contribution in [3.05, 3.63) is 0 Å². The Labute approximate surface area is 123 Å². The summed E-state index contributed by atoms with van der Waals surface area (Å²) in [5.74, 6) is -0.802. The van der Waals surface area contributed by atoms with E-state index < -0.39 is 12.1 Å². The minimum absolute atomic E-state index is 0.0589. The number of hydrogen-bond acceptors (Lipinski definition) is 5. The summed E-state index contributed by atoms with van der Waals surface area (Å²) in [6.07, 6.45) is -0.416. The molecular formula is C13H20N4O4. The van der Waals surface area contributed by atoms with E-state index in [1.165, 1.54) is 0 Å². The van der Waals surface area contributed by atoms with Gasteiger partial charge in [0.1, 0.15) is 0 Å². The van der Waals surface area contributed by atoms with E-state index in [0.717, 1.165) is 0 Å². The first-order valence-corrected chi connectivity index (χ1v) is 7.09. The van der Waals surface area contributed by atoms with Gasteiger partial charge in [0, 0.05) is 39.3 Å². The zero-order valence-electron chi connectivity index (χ0n) is 11.9. The minimum atomic E-state index is -0.802. The lowest BCUT2D eigenvalue weighted by molar-refractivity contribution is -0.137. The van der Waals surface area contributed by atoms with Crippen molar-refractivity contribution in [2.75, 3.05) is 52.4 Å². The molecular weight excluding hydrogens is 276 g/mol. The number of hydrogen-bond donors (Lipinski definition) is 1. The van der Waals surface area contributed by atoms with Crippen molar-refractivity contribution in [3.63, 3.8) is 0 Å². The third-order valence-corrected chi connectivity index (χ3v) is 3.77. The van der Waals surface area contributed by atoms with Crippen molar-refractivity contribution < 1.29 is 19.4 Å². The molecule has 0 radical (unpaired) electrons. The van der Waals surface area contributed by atoms with Crippen LogP contribution in [-0.2, 0) is 9.53 Å². The smallest absolute Gasteiger partial charge is 0.320 e. The average molecular weight is 296 g/mol. The summed E-state index contributed by atoms with van der Waals surface area (Å²) in [6.45, 7) is 4.29. The van der Waals surface area contributed by atoms with Gasteiger partial charge in [0.25, 0.3) is 0 Å². The summed E-state index contributed by atoms with van der Waals surface area (Å²) < 4.78 is 5.23. The highest BCUT2D eigenvalue weighted by Gasteiger charge is 2.29. The van der Waals surface area contributed by atoms with Crippen LogP contribution in [0, 0.1) is 11.3 Å². The van der Waals surface area contributed by atoms with Gasteiger partial charge in [-0.05, 0) is 0 Å². The zero-order chi connectivity index (χ0) is 15.2. The summed E-state index contributed by atoms with van der Waals surface area (Å²) in [4.78, 5) is 28.4. The second kappa shape index (κ2) is 7.24. The lowest BCUT2D eigenvalue weighted by Gasteiger charge is -2.39. The van der Waals surface area contributed by atoms with Crippen LogP contribution in [0.2, 0.25) is 0 Å². The zero-order valence-corrected chi connectivity index (χ0v) is 11.9. The summed E-state index contributed by atoms with van der Waals surface area (Å²) in [6, 6.07) is 1.97. The first-order chi connectivity index (χ1) is 10.1. The summed E-state index contributed by atoms with van der Waals surface area (Å²) >= 11 is 0. The number of urea groups is 1. The Balaban J connectivity index is 1.77. The molecule has 0 aromatic carbocycles. The molecule has 116 valence electrons. The molecule has 8 heteroatoms. The summed E-state index contributed by atoms with van der Waals surface area (Å²) in [5.41, 5.74) is 0. The maximum atomic E-state index is 12.4. The van der Waals surface area contributed by atoms with Crippen LogP contribution in [0.25, 0.3) is 0 Å². The first-order valence-electron chi connectivity index (χ1n) is 7.09. The van der Waals surface area contributed by atoms with Crippen molar-refractivity contribution in [3.8, 4) is 6.07 Å². The molecule has 2 heterocycles. The van der Waals surface area contributed by atoms with Crippen LogP contribution in [-0.4, -0.2) is 90.3 Å². The van der Waals surface area contributed by atoms with Gasteiger partial charge >= 0.3 is 12.0 Å². The molecule has 0 aliphatic carbocycles. The molecule has 1 N–H and O–H groups in total. The number of carboxylic acids is 1. The van der Waals surface area contributed by atoms with Crippen LogP contribution in [0.5, 0.6) is 0 Å². The second-order valence-electron chi connectivity index (χ2n) is 5.19. The molecule has 2 aliphatic rings. The number of nitrogens with zero attached hydrogens (tertiary/aromatic N) is 4. The molecule has 2 saturated heterocycles. The van der Waals surface area contributed by atoms with Crippen molar-refractivity contribution in [2.24, 2.45) is 0 Å². The fourth-order valence-electron chi connectivity index (χ4n) is 2.52. The number of piperazine rings is 1. The SMILES string of the molecule is N#CC1CN(C(=O)N2CCN(CCC(=O)O)CC2)CCO1. The number of rotatable bonds is 3. The number of ether oxygens (including phenoxy) is 1. The molecule has 2 aliphatic heterocycles. The molecule has 0 spiro atoms. The minimum Gasteiger partial charge on any atom is -0.481 e. The normalized spacial score (nSPS) is 23.7. The Morgan fingerprint density at radius 3 is 2.52 bits per heavy atom. The van der Waals surface area contributed by atoms with Gasteiger partial charge in [-0.2, -0.15) is 5.26 Å². The van der Waals surface area contributed by atoms with Crippen molar-refractivity contribution in [1.82, 2.24) is 14.7 Å². The predicted octanol–water partition coefficient (Wildman–Crippen LogP) is -0.577. The van der Waals surface area contributed by atoms with Crippen LogP contribution < -0.4 is 0 Å². The van der Waals surface area contributed by atoms with Gasteiger partial charge in [0.05, 0.1) is 25.6 Å². The average Bonchev–Trinajstić information content (AvgIpc) is 2.52. The third kappa shape index (κ3) is 4.31. The molecule has 8 nitrogen and oxygen atoms in total. The maximum Gasteiger partial charge on any atom is 0.320 e. The van der Waals surface area contributed by atoms with E-state index in [-0.39, 0.29) is 12.5 Å². The topological polar surface area (TPSA) is 97.1 Å². The number of amides is 2. The van der Waals surface area contributed by atoms with Gasteiger partial charge in [-0.1, -0.05) is 0 Å². The predicted molar refractivity (Wildman–Crippen MR) is 72.6 cm³/mol. The molecule has 21 heavy (non-hydrogen) atoms. The summed E-state index contributed by atoms with van der Waals surface area (Å²) in [7, 11) is 0. The molecule has 0 saturated carbocycles. The fourth-order valence-corrected chi connectivity index (χ4v) is 2.52. The highest BCUT2D eigenvalue weighted by atomic mass is 16.5. The Morgan fingerprint density at radius 1 is 1.19 bits per heavy atom. The number of carbonyl (C=O) groups is 2. The monoisotopic (exact) mass is 296 g/mol. The molecule has 2 rings (SSSR count). The molecule has 2 fully saturated rings. The van der Waals surface area contributed by atoms with E-state index in [4.69, 9.17) is 15.1 Å². The molecule has 2 amide bonds. The number of nitriles is 1. The van der Waals surface area contributed by atoms with Gasteiger partial charge in [-0.15, -0.1) is 0 Å². The maximum absolute atomic E-state index is 12.4. The highest BCUT2D eigenvalue weighted by Crippen LogP contribution is 2.10. The molecule has 0 bridgehead atoms. The lowest BCUT2D eigenvalue weighted by atomic mass is 10.2. The fraction of sp³-hybridized carbons (Fsp3) is 0.769. The standard InChI is InChI=1S/C13H20N4O4/c14-9-11-10-17(7-8-21-11)13(20)16-5-3-15(4-6-16)2-1-12(18)19/h11H,1-8,10H2,(H,18,19). The van der Waals surface area contributed by atoms with Crippen LogP contribution >= 0.6 is 0 Å². The van der Waals surface area contributed by atoms with E-state index in [9.17, 15) is 9.59 Å². The van der Waals surface area contributed by atoms with E-state index in [1.807, 2.05) is 6.07 Å². The molecule has 1 atom stereocenters. The van der Waals surface area contributed by atoms with Crippen molar-refractivity contribution >= 4 is 12.0 Å². The van der Waals surface area contributed by atoms with Gasteiger partial charge < -0.3 is 19.6 Å². The number of aliphatic carboxylic acids is 1. The van der Waals surface area contributed by atoms with Crippen LogP contribution in [0.15, 0.2) is 0 Å². The summed E-state index contributed by atoms with van der Waals surface area (Å²) in [5, 5.41) is 17.5. The number of morpholine rings is 1. The van der Waals surface area contributed by atoms with Crippen LogP contribution in [0.4, 0.5) is 4.79 Å². The van der Waals surface area contributed by atoms with Gasteiger partial charge in [-0.3, -0.25) is 9.69 Å². The first kappa shape index (κ1) is 15.5.